The first-order chi connectivity index (χ1) is 12.6. The van der Waals surface area contributed by atoms with E-state index in [9.17, 15) is 9.90 Å². The summed E-state index contributed by atoms with van der Waals surface area (Å²) in [6.07, 6.45) is 0.935. The molecule has 6 heteroatoms. The van der Waals surface area contributed by atoms with Gasteiger partial charge in [-0.25, -0.2) is 4.98 Å². The molecule has 0 bridgehead atoms. The number of fused-ring (bicyclic) bond motifs is 2. The Labute approximate surface area is 151 Å². The van der Waals surface area contributed by atoms with Crippen LogP contribution in [0.4, 0.5) is 0 Å². The van der Waals surface area contributed by atoms with Gasteiger partial charge in [-0.2, -0.15) is 0 Å². The molecule has 1 aliphatic heterocycles. The number of β-amino-alcohol motifs (C(OH)–C–C–N with tert-alkyl or cyclic N) is 1. The summed E-state index contributed by atoms with van der Waals surface area (Å²) in [7, 11) is 2.11. The van der Waals surface area contributed by atoms with Gasteiger partial charge in [-0.3, -0.25) is 14.7 Å². The molecule has 6 nitrogen and oxygen atoms in total. The average molecular weight is 350 g/mol. The van der Waals surface area contributed by atoms with E-state index >= 15 is 0 Å². The topological polar surface area (TPSA) is 69.6 Å². The van der Waals surface area contributed by atoms with Crippen LogP contribution in [0.2, 0.25) is 0 Å². The van der Waals surface area contributed by atoms with Crippen LogP contribution in [0.15, 0.2) is 47.4 Å². The van der Waals surface area contributed by atoms with Crippen molar-refractivity contribution in [2.75, 3.05) is 39.8 Å². The third-order valence-electron chi connectivity index (χ3n) is 5.07. The number of nitrogens with zero attached hydrogens (tertiary/aromatic N) is 4. The van der Waals surface area contributed by atoms with E-state index in [-0.39, 0.29) is 5.56 Å². The average Bonchev–Trinajstić information content (AvgIpc) is 2.77. The number of hydrogen-bond donors (Lipinski definition) is 1. The summed E-state index contributed by atoms with van der Waals surface area (Å²) in [6, 6.07) is 10.9. The monoisotopic (exact) mass is 350 g/mol. The SMILES string of the molecule is CN1CCN(CC(O)c2c3ccccc3c(=O)nc3cccnc23)CC1. The van der Waals surface area contributed by atoms with Crippen molar-refractivity contribution >= 4 is 21.8 Å². The van der Waals surface area contributed by atoms with E-state index in [0.29, 0.717) is 28.5 Å². The first-order valence-electron chi connectivity index (χ1n) is 8.90. The third kappa shape index (κ3) is 3.19. The Morgan fingerprint density at radius 1 is 1.08 bits per heavy atom. The molecule has 0 spiro atoms. The number of aromatic nitrogens is 2. The maximum Gasteiger partial charge on any atom is 0.278 e. The summed E-state index contributed by atoms with van der Waals surface area (Å²) in [5.41, 5.74) is 1.50. The van der Waals surface area contributed by atoms with Crippen LogP contribution >= 0.6 is 0 Å². The number of benzene rings is 1. The number of hydrogen-bond acceptors (Lipinski definition) is 6. The van der Waals surface area contributed by atoms with Gasteiger partial charge in [0.05, 0.1) is 17.1 Å². The van der Waals surface area contributed by atoms with Crippen molar-refractivity contribution < 1.29 is 5.11 Å². The first-order valence-corrected chi connectivity index (χ1v) is 8.90. The number of rotatable bonds is 3. The first kappa shape index (κ1) is 17.0. The number of piperazine rings is 1. The molecule has 0 amide bonds. The predicted octanol–water partition coefficient (Wildman–Crippen LogP) is 1.42. The standard InChI is InChI=1S/C20H22N4O2/c1-23-9-11-24(12-10-23)13-17(25)18-14-5-2-3-6-15(14)20(26)22-16-7-4-8-21-19(16)18/h2-8,17,25H,9-13H2,1H3. The third-order valence-corrected chi connectivity index (χ3v) is 5.07. The lowest BCUT2D eigenvalue weighted by molar-refractivity contribution is 0.0819. The molecule has 2 aromatic heterocycles. The highest BCUT2D eigenvalue weighted by Crippen LogP contribution is 2.28. The highest BCUT2D eigenvalue weighted by Gasteiger charge is 2.22. The largest absolute Gasteiger partial charge is 0.387 e. The fourth-order valence-corrected chi connectivity index (χ4v) is 3.60. The molecule has 1 aliphatic rings. The van der Waals surface area contributed by atoms with Crippen LogP contribution in [0.25, 0.3) is 21.8 Å². The van der Waals surface area contributed by atoms with Gasteiger partial charge in [-0.1, -0.05) is 18.2 Å². The molecule has 1 unspecified atom stereocenters. The molecule has 134 valence electrons. The van der Waals surface area contributed by atoms with Crippen LogP contribution in [-0.4, -0.2) is 64.6 Å². The Kier molecular flexibility index (Phi) is 4.63. The number of aliphatic hydroxyl groups excluding tert-OH is 1. The molecule has 4 rings (SSSR count). The second kappa shape index (κ2) is 7.07. The molecular weight excluding hydrogens is 328 g/mol. The van der Waals surface area contributed by atoms with Crippen molar-refractivity contribution in [1.29, 1.82) is 0 Å². The Morgan fingerprint density at radius 2 is 1.81 bits per heavy atom. The summed E-state index contributed by atoms with van der Waals surface area (Å²) in [6.45, 7) is 4.33. The number of likely N-dealkylation sites (N-methyl/N-ethyl adjacent to an activating group) is 1. The van der Waals surface area contributed by atoms with Gasteiger partial charge in [0.1, 0.15) is 0 Å². The maximum absolute atomic E-state index is 12.6. The minimum atomic E-state index is -0.741. The van der Waals surface area contributed by atoms with Gasteiger partial charge in [0.15, 0.2) is 0 Å². The van der Waals surface area contributed by atoms with E-state index < -0.39 is 6.10 Å². The van der Waals surface area contributed by atoms with Crippen molar-refractivity contribution in [3.63, 3.8) is 0 Å². The zero-order chi connectivity index (χ0) is 18.1. The Bertz CT molecular complexity index is 1000. The molecule has 0 aliphatic carbocycles. The Hall–Kier alpha value is -2.41. The van der Waals surface area contributed by atoms with Gasteiger partial charge < -0.3 is 10.0 Å². The van der Waals surface area contributed by atoms with E-state index in [0.717, 1.165) is 31.6 Å². The Balaban J connectivity index is 1.86. The van der Waals surface area contributed by atoms with Crippen LogP contribution in [0, 0.1) is 0 Å². The van der Waals surface area contributed by atoms with Crippen LogP contribution in [0.5, 0.6) is 0 Å². The Morgan fingerprint density at radius 3 is 2.58 bits per heavy atom. The molecule has 0 saturated carbocycles. The van der Waals surface area contributed by atoms with Gasteiger partial charge in [0.2, 0.25) is 0 Å². The fraction of sp³-hybridized carbons (Fsp3) is 0.350. The minimum absolute atomic E-state index is 0.295. The van der Waals surface area contributed by atoms with E-state index in [1.165, 1.54) is 0 Å². The second-order valence-electron chi connectivity index (χ2n) is 6.87. The van der Waals surface area contributed by atoms with Crippen molar-refractivity contribution in [1.82, 2.24) is 19.8 Å². The lowest BCUT2D eigenvalue weighted by Crippen LogP contribution is -2.45. The molecule has 26 heavy (non-hydrogen) atoms. The highest BCUT2D eigenvalue weighted by molar-refractivity contribution is 5.94. The van der Waals surface area contributed by atoms with Crippen LogP contribution in [0.1, 0.15) is 11.7 Å². The highest BCUT2D eigenvalue weighted by atomic mass is 16.3. The minimum Gasteiger partial charge on any atom is -0.387 e. The van der Waals surface area contributed by atoms with Gasteiger partial charge in [0.25, 0.3) is 5.56 Å². The molecular formula is C20H22N4O2. The van der Waals surface area contributed by atoms with Crippen LogP contribution < -0.4 is 5.56 Å². The summed E-state index contributed by atoms with van der Waals surface area (Å²) in [5.74, 6) is 0. The quantitative estimate of drug-likeness (QED) is 0.771. The number of pyridine rings is 1. The molecule has 0 radical (unpaired) electrons. The molecule has 1 saturated heterocycles. The maximum atomic E-state index is 12.6. The van der Waals surface area contributed by atoms with Crippen molar-refractivity contribution in [2.24, 2.45) is 0 Å². The van der Waals surface area contributed by atoms with Gasteiger partial charge in [-0.15, -0.1) is 0 Å². The normalized spacial score (nSPS) is 17.6. The van der Waals surface area contributed by atoms with E-state index in [4.69, 9.17) is 0 Å². The predicted molar refractivity (Wildman–Crippen MR) is 102 cm³/mol. The van der Waals surface area contributed by atoms with E-state index in [2.05, 4.69) is 26.8 Å². The lowest BCUT2D eigenvalue weighted by Gasteiger charge is -2.33. The van der Waals surface area contributed by atoms with Crippen molar-refractivity contribution in [2.45, 2.75) is 6.10 Å². The van der Waals surface area contributed by atoms with Crippen molar-refractivity contribution in [3.8, 4) is 0 Å². The van der Waals surface area contributed by atoms with E-state index in [1.807, 2.05) is 18.2 Å². The molecule has 3 aromatic rings. The summed E-state index contributed by atoms with van der Waals surface area (Å²) in [5, 5.41) is 12.3. The van der Waals surface area contributed by atoms with Crippen molar-refractivity contribution in [3.05, 3.63) is 58.5 Å². The smallest absolute Gasteiger partial charge is 0.278 e. The van der Waals surface area contributed by atoms with Crippen LogP contribution in [0.3, 0.4) is 0 Å². The molecule has 1 aromatic carbocycles. The summed E-state index contributed by atoms with van der Waals surface area (Å²) < 4.78 is 0. The number of aliphatic hydroxyl groups is 1. The molecule has 1 N–H and O–H groups in total. The molecule has 3 heterocycles. The second-order valence-corrected chi connectivity index (χ2v) is 6.87. The lowest BCUT2D eigenvalue weighted by atomic mass is 10.0. The molecule has 1 fully saturated rings. The summed E-state index contributed by atoms with van der Waals surface area (Å²) >= 11 is 0. The van der Waals surface area contributed by atoms with Gasteiger partial charge >= 0.3 is 0 Å². The molecule has 1 atom stereocenters. The van der Waals surface area contributed by atoms with Gasteiger partial charge in [0, 0.05) is 49.9 Å². The van der Waals surface area contributed by atoms with Crippen LogP contribution in [-0.2, 0) is 0 Å². The summed E-state index contributed by atoms with van der Waals surface area (Å²) in [4.78, 5) is 25.8. The van der Waals surface area contributed by atoms with E-state index in [1.54, 1.807) is 24.4 Å². The fourth-order valence-electron chi connectivity index (χ4n) is 3.60. The zero-order valence-corrected chi connectivity index (χ0v) is 14.8. The zero-order valence-electron chi connectivity index (χ0n) is 14.8. The van der Waals surface area contributed by atoms with Gasteiger partial charge in [-0.05, 0) is 30.6 Å².